The third kappa shape index (κ3) is 2.15. The van der Waals surface area contributed by atoms with Crippen LogP contribution in [-0.2, 0) is 4.74 Å². The fraction of sp³-hybridized carbons (Fsp3) is 0.417. The zero-order chi connectivity index (χ0) is 11.5. The van der Waals surface area contributed by atoms with Crippen LogP contribution in [0.2, 0.25) is 0 Å². The van der Waals surface area contributed by atoms with Gasteiger partial charge in [-0.05, 0) is 37.5 Å². The van der Waals surface area contributed by atoms with Crippen molar-refractivity contribution < 1.29 is 13.9 Å². The molecule has 0 aromatic heterocycles. The van der Waals surface area contributed by atoms with Crippen molar-refractivity contribution in [1.29, 1.82) is 0 Å². The number of hydrogen-bond acceptors (Lipinski definition) is 3. The summed E-state index contributed by atoms with van der Waals surface area (Å²) in [6, 6.07) is 4.54. The van der Waals surface area contributed by atoms with Crippen LogP contribution in [0.15, 0.2) is 18.2 Å². The van der Waals surface area contributed by atoms with Crippen molar-refractivity contribution in [3.05, 3.63) is 29.6 Å². The number of carbonyl (C=O) groups is 1. The van der Waals surface area contributed by atoms with Crippen molar-refractivity contribution in [2.75, 3.05) is 12.4 Å². The van der Waals surface area contributed by atoms with Crippen molar-refractivity contribution in [1.82, 2.24) is 0 Å². The maximum absolute atomic E-state index is 13.4. The first kappa shape index (κ1) is 10.9. The van der Waals surface area contributed by atoms with Gasteiger partial charge in [-0.3, -0.25) is 0 Å². The summed E-state index contributed by atoms with van der Waals surface area (Å²) in [6.45, 7) is 0. The molecular weight excluding hydrogens is 209 g/mol. The molecule has 0 heterocycles. The first-order chi connectivity index (χ1) is 7.70. The highest BCUT2D eigenvalue weighted by molar-refractivity contribution is 5.90. The van der Waals surface area contributed by atoms with Crippen molar-refractivity contribution in [2.45, 2.75) is 25.3 Å². The Labute approximate surface area is 93.6 Å². The third-order valence-electron chi connectivity index (χ3n) is 2.85. The Morgan fingerprint density at radius 2 is 2.25 bits per heavy atom. The Morgan fingerprint density at radius 1 is 1.50 bits per heavy atom. The van der Waals surface area contributed by atoms with Crippen molar-refractivity contribution in [3.8, 4) is 0 Å². The van der Waals surface area contributed by atoms with Gasteiger partial charge in [0.25, 0.3) is 0 Å². The molecule has 0 atom stereocenters. The van der Waals surface area contributed by atoms with Crippen LogP contribution in [0.25, 0.3) is 0 Å². The first-order valence-electron chi connectivity index (χ1n) is 5.35. The van der Waals surface area contributed by atoms with Gasteiger partial charge in [0.05, 0.1) is 18.4 Å². The minimum atomic E-state index is -0.448. The zero-order valence-corrected chi connectivity index (χ0v) is 9.13. The van der Waals surface area contributed by atoms with E-state index in [1.807, 2.05) is 0 Å². The number of nitrogens with one attached hydrogen (secondary N) is 1. The van der Waals surface area contributed by atoms with Gasteiger partial charge in [0.2, 0.25) is 0 Å². The van der Waals surface area contributed by atoms with Gasteiger partial charge < -0.3 is 10.1 Å². The van der Waals surface area contributed by atoms with Crippen molar-refractivity contribution in [3.63, 3.8) is 0 Å². The molecule has 0 aliphatic heterocycles. The fourth-order valence-electron chi connectivity index (χ4n) is 1.65. The van der Waals surface area contributed by atoms with E-state index in [2.05, 4.69) is 10.1 Å². The second-order valence-corrected chi connectivity index (χ2v) is 3.96. The summed E-state index contributed by atoms with van der Waals surface area (Å²) in [7, 11) is 1.31. The van der Waals surface area contributed by atoms with E-state index in [9.17, 15) is 9.18 Å². The van der Waals surface area contributed by atoms with Gasteiger partial charge >= 0.3 is 5.97 Å². The summed E-state index contributed by atoms with van der Waals surface area (Å²) in [5, 5.41) is 3.08. The number of esters is 1. The highest BCUT2D eigenvalue weighted by Gasteiger charge is 2.19. The highest BCUT2D eigenvalue weighted by Crippen LogP contribution is 2.25. The lowest BCUT2D eigenvalue weighted by molar-refractivity contribution is 0.0600. The van der Waals surface area contributed by atoms with Gasteiger partial charge in [-0.15, -0.1) is 0 Å². The Morgan fingerprint density at radius 3 is 2.81 bits per heavy atom. The van der Waals surface area contributed by atoms with Gasteiger partial charge in [0.15, 0.2) is 0 Å². The second-order valence-electron chi connectivity index (χ2n) is 3.96. The number of rotatable bonds is 3. The second kappa shape index (κ2) is 4.51. The lowest BCUT2D eigenvalue weighted by Gasteiger charge is -2.27. The number of ether oxygens (including phenoxy) is 1. The third-order valence-corrected chi connectivity index (χ3v) is 2.85. The van der Waals surface area contributed by atoms with Crippen LogP contribution >= 0.6 is 0 Å². The number of anilines is 1. The molecule has 2 rings (SSSR count). The number of benzene rings is 1. The molecule has 1 saturated carbocycles. The molecule has 4 heteroatoms. The molecule has 0 saturated heterocycles. The fourth-order valence-corrected chi connectivity index (χ4v) is 1.65. The van der Waals surface area contributed by atoms with Crippen LogP contribution < -0.4 is 5.32 Å². The number of methoxy groups -OCH3 is 1. The minimum Gasteiger partial charge on any atom is -0.465 e. The molecule has 1 aliphatic rings. The molecule has 1 aromatic carbocycles. The average molecular weight is 223 g/mol. The average Bonchev–Trinajstić information content (AvgIpc) is 2.24. The van der Waals surface area contributed by atoms with E-state index in [0.717, 1.165) is 12.8 Å². The monoisotopic (exact) mass is 223 g/mol. The number of halogens is 1. The zero-order valence-electron chi connectivity index (χ0n) is 9.13. The molecule has 0 amide bonds. The van der Waals surface area contributed by atoms with Crippen LogP contribution in [0.3, 0.4) is 0 Å². The predicted octanol–water partition coefficient (Wildman–Crippen LogP) is 2.58. The highest BCUT2D eigenvalue weighted by atomic mass is 19.1. The molecule has 16 heavy (non-hydrogen) atoms. The van der Waals surface area contributed by atoms with E-state index in [0.29, 0.717) is 17.3 Å². The van der Waals surface area contributed by atoms with Crippen LogP contribution in [0.4, 0.5) is 10.1 Å². The van der Waals surface area contributed by atoms with E-state index >= 15 is 0 Å². The Bertz CT molecular complexity index is 402. The molecule has 1 N–H and O–H groups in total. The molecule has 1 aliphatic carbocycles. The van der Waals surface area contributed by atoms with Crippen LogP contribution in [0.5, 0.6) is 0 Å². The largest absolute Gasteiger partial charge is 0.465 e. The Hall–Kier alpha value is -1.58. The van der Waals surface area contributed by atoms with Gasteiger partial charge in [-0.25, -0.2) is 9.18 Å². The Kier molecular flexibility index (Phi) is 3.08. The van der Waals surface area contributed by atoms with E-state index in [4.69, 9.17) is 0 Å². The summed E-state index contributed by atoms with van der Waals surface area (Å²) in [5.74, 6) is -0.781. The van der Waals surface area contributed by atoms with Gasteiger partial charge in [0.1, 0.15) is 5.82 Å². The first-order valence-corrected chi connectivity index (χ1v) is 5.35. The van der Waals surface area contributed by atoms with Gasteiger partial charge in [0, 0.05) is 6.04 Å². The molecule has 0 radical (unpaired) electrons. The smallest absolute Gasteiger partial charge is 0.337 e. The van der Waals surface area contributed by atoms with E-state index < -0.39 is 5.97 Å². The molecule has 86 valence electrons. The minimum absolute atomic E-state index is 0.334. The van der Waals surface area contributed by atoms with Crippen molar-refractivity contribution in [2.24, 2.45) is 0 Å². The van der Waals surface area contributed by atoms with Crippen molar-refractivity contribution >= 4 is 11.7 Å². The normalized spacial score (nSPS) is 15.4. The summed E-state index contributed by atoms with van der Waals surface area (Å²) in [6.07, 6.45) is 3.29. The standard InChI is InChI=1S/C12H14FNO2/c1-16-12(15)8-5-6-10(13)11(7-8)14-9-3-2-4-9/h5-7,9,14H,2-4H2,1H3. The predicted molar refractivity (Wildman–Crippen MR) is 59.0 cm³/mol. The summed E-state index contributed by atoms with van der Waals surface area (Å²) in [5.41, 5.74) is 0.748. The Balaban J connectivity index is 2.17. The molecular formula is C12H14FNO2. The summed E-state index contributed by atoms with van der Waals surface area (Å²) < 4.78 is 18.0. The number of hydrogen-bond donors (Lipinski definition) is 1. The van der Waals surface area contributed by atoms with E-state index in [1.54, 1.807) is 0 Å². The molecule has 1 aromatic rings. The topological polar surface area (TPSA) is 38.3 Å². The molecule has 1 fully saturated rings. The molecule has 0 spiro atoms. The van der Waals surface area contributed by atoms with Crippen LogP contribution in [0.1, 0.15) is 29.6 Å². The summed E-state index contributed by atoms with van der Waals surface area (Å²) >= 11 is 0. The van der Waals surface area contributed by atoms with Gasteiger partial charge in [-0.1, -0.05) is 0 Å². The van der Waals surface area contributed by atoms with Crippen LogP contribution in [-0.4, -0.2) is 19.1 Å². The lowest BCUT2D eigenvalue weighted by Crippen LogP contribution is -2.27. The maximum atomic E-state index is 13.4. The molecule has 3 nitrogen and oxygen atoms in total. The van der Waals surface area contributed by atoms with E-state index in [-0.39, 0.29) is 5.82 Å². The maximum Gasteiger partial charge on any atom is 0.337 e. The molecule has 0 bridgehead atoms. The quantitative estimate of drug-likeness (QED) is 0.800. The SMILES string of the molecule is COC(=O)c1ccc(F)c(NC2CCC2)c1. The number of carbonyl (C=O) groups excluding carboxylic acids is 1. The lowest BCUT2D eigenvalue weighted by atomic mass is 9.93. The van der Waals surface area contributed by atoms with E-state index in [1.165, 1.54) is 31.7 Å². The molecule has 0 unspecified atom stereocenters. The summed E-state index contributed by atoms with van der Waals surface area (Å²) in [4.78, 5) is 11.3. The van der Waals surface area contributed by atoms with Crippen LogP contribution in [0, 0.1) is 5.82 Å². The van der Waals surface area contributed by atoms with Gasteiger partial charge in [-0.2, -0.15) is 0 Å².